The number of benzene rings is 1. The molecular weight excluding hydrogens is 336 g/mol. The smallest absolute Gasteiger partial charge is 0.325 e. The molecule has 0 fully saturated rings. The lowest BCUT2D eigenvalue weighted by Gasteiger charge is -2.08. The van der Waals surface area contributed by atoms with Crippen molar-refractivity contribution >= 4 is 23.4 Å². The van der Waals surface area contributed by atoms with Gasteiger partial charge in [0.1, 0.15) is 0 Å². The Morgan fingerprint density at radius 1 is 1.28 bits per heavy atom. The topological polar surface area (TPSA) is 79.8 Å². The lowest BCUT2D eigenvalue weighted by atomic mass is 10.0. The van der Waals surface area contributed by atoms with E-state index >= 15 is 0 Å². The Morgan fingerprint density at radius 2 is 2.00 bits per heavy atom. The van der Waals surface area contributed by atoms with Gasteiger partial charge in [0.25, 0.3) is 0 Å². The quantitative estimate of drug-likeness (QED) is 0.527. The number of aromatic amines is 1. The zero-order valence-corrected chi connectivity index (χ0v) is 15.9. The van der Waals surface area contributed by atoms with E-state index < -0.39 is 0 Å². The van der Waals surface area contributed by atoms with Gasteiger partial charge in [0.2, 0.25) is 5.91 Å². The highest BCUT2D eigenvalue weighted by atomic mass is 32.2. The third kappa shape index (κ3) is 5.77. The molecule has 2 rings (SSSR count). The summed E-state index contributed by atoms with van der Waals surface area (Å²) in [5.74, 6) is 0.562. The van der Waals surface area contributed by atoms with Crippen molar-refractivity contribution in [3.63, 3.8) is 0 Å². The van der Waals surface area contributed by atoms with Crippen LogP contribution in [0.15, 0.2) is 34.2 Å². The summed E-state index contributed by atoms with van der Waals surface area (Å²) in [4.78, 5) is 23.9. The molecule has 6 nitrogen and oxygen atoms in total. The van der Waals surface area contributed by atoms with E-state index in [0.29, 0.717) is 17.6 Å². The summed E-state index contributed by atoms with van der Waals surface area (Å²) in [5, 5.41) is 9.91. The van der Waals surface area contributed by atoms with Crippen molar-refractivity contribution in [3.05, 3.63) is 40.3 Å². The van der Waals surface area contributed by atoms with Crippen molar-refractivity contribution in [2.24, 2.45) is 0 Å². The number of hydrogen-bond donors (Lipinski definition) is 2. The summed E-state index contributed by atoms with van der Waals surface area (Å²) >= 11 is 1.27. The van der Waals surface area contributed by atoms with Crippen molar-refractivity contribution in [3.8, 4) is 0 Å². The van der Waals surface area contributed by atoms with Gasteiger partial charge in [-0.25, -0.2) is 9.89 Å². The van der Waals surface area contributed by atoms with Crippen LogP contribution in [0.25, 0.3) is 0 Å². The number of anilines is 1. The van der Waals surface area contributed by atoms with Crippen molar-refractivity contribution < 1.29 is 4.79 Å². The van der Waals surface area contributed by atoms with Gasteiger partial charge in [0.15, 0.2) is 5.16 Å². The molecule has 136 valence electrons. The monoisotopic (exact) mass is 362 g/mol. The number of aromatic nitrogens is 3. The van der Waals surface area contributed by atoms with E-state index in [4.69, 9.17) is 0 Å². The van der Waals surface area contributed by atoms with Crippen LogP contribution in [0, 0.1) is 0 Å². The minimum absolute atomic E-state index is 0.113. The normalized spacial score (nSPS) is 11.0. The molecule has 1 aromatic carbocycles. The molecule has 0 saturated heterocycles. The molecule has 0 bridgehead atoms. The van der Waals surface area contributed by atoms with E-state index in [1.54, 1.807) is 4.57 Å². The highest BCUT2D eigenvalue weighted by molar-refractivity contribution is 7.99. The van der Waals surface area contributed by atoms with E-state index in [9.17, 15) is 9.59 Å². The first-order chi connectivity index (χ1) is 12.0. The number of H-pyrrole nitrogens is 1. The molecule has 1 amide bonds. The molecule has 0 aliphatic heterocycles. The van der Waals surface area contributed by atoms with Gasteiger partial charge in [-0.3, -0.25) is 9.36 Å². The summed E-state index contributed by atoms with van der Waals surface area (Å²) in [6.45, 7) is 7.01. The Morgan fingerprint density at radius 3 is 2.64 bits per heavy atom. The summed E-state index contributed by atoms with van der Waals surface area (Å²) in [5.41, 5.74) is 1.79. The number of unbranched alkanes of at least 4 members (excludes halogenated alkanes) is 2. The number of amides is 1. The third-order valence-electron chi connectivity index (χ3n) is 3.90. The van der Waals surface area contributed by atoms with Crippen LogP contribution in [0.1, 0.15) is 51.5 Å². The maximum atomic E-state index is 12.1. The van der Waals surface area contributed by atoms with E-state index in [0.717, 1.165) is 24.9 Å². The molecule has 1 aromatic heterocycles. The number of carbonyl (C=O) groups excluding carboxylic acids is 1. The van der Waals surface area contributed by atoms with Crippen LogP contribution >= 0.6 is 11.8 Å². The van der Waals surface area contributed by atoms with Crippen molar-refractivity contribution in [2.45, 2.75) is 57.7 Å². The molecular formula is C18H26N4O2S. The highest BCUT2D eigenvalue weighted by Crippen LogP contribution is 2.18. The number of rotatable bonds is 9. The van der Waals surface area contributed by atoms with E-state index in [2.05, 4.69) is 36.3 Å². The molecule has 2 N–H and O–H groups in total. The molecule has 1 heterocycles. The molecule has 0 spiro atoms. The van der Waals surface area contributed by atoms with Crippen LogP contribution in [0.4, 0.5) is 5.69 Å². The zero-order valence-electron chi connectivity index (χ0n) is 15.0. The van der Waals surface area contributed by atoms with E-state index in [1.807, 2.05) is 24.3 Å². The van der Waals surface area contributed by atoms with E-state index in [1.165, 1.54) is 17.3 Å². The SMILES string of the molecule is CCCCCn1c(SCC(=O)Nc2ccc(C(C)C)cc2)n[nH]c1=O. The predicted octanol–water partition coefficient (Wildman–Crippen LogP) is 3.62. The van der Waals surface area contributed by atoms with Gasteiger partial charge < -0.3 is 5.32 Å². The second-order valence-corrected chi connectivity index (χ2v) is 7.23. The van der Waals surface area contributed by atoms with E-state index in [-0.39, 0.29) is 17.3 Å². The number of nitrogens with zero attached hydrogens (tertiary/aromatic N) is 2. The van der Waals surface area contributed by atoms with Crippen LogP contribution in [0.3, 0.4) is 0 Å². The average molecular weight is 362 g/mol. The first kappa shape index (κ1) is 19.3. The minimum Gasteiger partial charge on any atom is -0.325 e. The largest absolute Gasteiger partial charge is 0.343 e. The van der Waals surface area contributed by atoms with Gasteiger partial charge >= 0.3 is 5.69 Å². The molecule has 0 saturated carbocycles. The standard InChI is InChI=1S/C18H26N4O2S/c1-4-5-6-11-22-17(24)20-21-18(22)25-12-16(23)19-15-9-7-14(8-10-15)13(2)3/h7-10,13H,4-6,11-12H2,1-3H3,(H,19,23)(H,20,24). The van der Waals surface area contributed by atoms with Gasteiger partial charge in [-0.2, -0.15) is 0 Å². The zero-order chi connectivity index (χ0) is 18.2. The molecule has 2 aromatic rings. The van der Waals surface area contributed by atoms with Crippen molar-refractivity contribution in [2.75, 3.05) is 11.1 Å². The number of hydrogen-bond acceptors (Lipinski definition) is 4. The first-order valence-electron chi connectivity index (χ1n) is 8.69. The molecule has 25 heavy (non-hydrogen) atoms. The Bertz CT molecular complexity index is 734. The molecule has 0 radical (unpaired) electrons. The Balaban J connectivity index is 1.88. The predicted molar refractivity (Wildman–Crippen MR) is 102 cm³/mol. The van der Waals surface area contributed by atoms with Crippen LogP contribution in [-0.4, -0.2) is 26.4 Å². The molecule has 0 atom stereocenters. The number of nitrogens with one attached hydrogen (secondary N) is 2. The van der Waals surface area contributed by atoms with Gasteiger partial charge in [0.05, 0.1) is 5.75 Å². The third-order valence-corrected chi connectivity index (χ3v) is 4.88. The van der Waals surface area contributed by atoms with Crippen LogP contribution in [0.5, 0.6) is 0 Å². The van der Waals surface area contributed by atoms with Gasteiger partial charge in [-0.05, 0) is 30.0 Å². The summed E-state index contributed by atoms with van der Waals surface area (Å²) < 4.78 is 1.60. The van der Waals surface area contributed by atoms with Crippen LogP contribution in [-0.2, 0) is 11.3 Å². The molecule has 7 heteroatoms. The van der Waals surface area contributed by atoms with Crippen LogP contribution in [0.2, 0.25) is 0 Å². The Kier molecular flexibility index (Phi) is 7.31. The highest BCUT2D eigenvalue weighted by Gasteiger charge is 2.11. The fraction of sp³-hybridized carbons (Fsp3) is 0.500. The Labute approximate surface area is 152 Å². The second kappa shape index (κ2) is 9.46. The second-order valence-electron chi connectivity index (χ2n) is 6.28. The minimum atomic E-state index is -0.219. The van der Waals surface area contributed by atoms with Gasteiger partial charge in [0, 0.05) is 12.2 Å². The fourth-order valence-corrected chi connectivity index (χ4v) is 3.18. The summed E-state index contributed by atoms with van der Waals surface area (Å²) in [7, 11) is 0. The average Bonchev–Trinajstić information content (AvgIpc) is 2.94. The number of carbonyl (C=O) groups is 1. The maximum Gasteiger partial charge on any atom is 0.343 e. The summed E-state index contributed by atoms with van der Waals surface area (Å²) in [6, 6.07) is 7.86. The Hall–Kier alpha value is -2.02. The lowest BCUT2D eigenvalue weighted by molar-refractivity contribution is -0.113. The fourth-order valence-electron chi connectivity index (χ4n) is 2.41. The van der Waals surface area contributed by atoms with Crippen LogP contribution < -0.4 is 11.0 Å². The molecule has 0 unspecified atom stereocenters. The molecule has 0 aliphatic rings. The van der Waals surface area contributed by atoms with Crippen molar-refractivity contribution in [1.29, 1.82) is 0 Å². The van der Waals surface area contributed by atoms with Crippen molar-refractivity contribution in [1.82, 2.24) is 14.8 Å². The summed E-state index contributed by atoms with van der Waals surface area (Å²) in [6.07, 6.45) is 3.08. The number of thioether (sulfide) groups is 1. The van der Waals surface area contributed by atoms with Gasteiger partial charge in [-0.15, -0.1) is 5.10 Å². The maximum absolute atomic E-state index is 12.1. The first-order valence-corrected chi connectivity index (χ1v) is 9.67. The molecule has 0 aliphatic carbocycles. The van der Waals surface area contributed by atoms with Gasteiger partial charge in [-0.1, -0.05) is 57.5 Å². The lowest BCUT2D eigenvalue weighted by Crippen LogP contribution is -2.19.